The summed E-state index contributed by atoms with van der Waals surface area (Å²) in [5, 5.41) is 3.84. The number of anilines is 1. The molecular formula is C26H31FN4O2. The molecule has 1 aliphatic rings. The molecule has 0 aliphatic carbocycles. The maximum absolute atomic E-state index is 13.3. The number of nitrogens with one attached hydrogen (secondary N) is 2. The van der Waals surface area contributed by atoms with Crippen molar-refractivity contribution >= 4 is 22.6 Å². The summed E-state index contributed by atoms with van der Waals surface area (Å²) in [6.45, 7) is 8.80. The predicted molar refractivity (Wildman–Crippen MR) is 130 cm³/mol. The number of hydrogen-bond donors (Lipinski definition) is 2. The molecule has 174 valence electrons. The van der Waals surface area contributed by atoms with Crippen LogP contribution >= 0.6 is 0 Å². The van der Waals surface area contributed by atoms with Gasteiger partial charge >= 0.3 is 6.03 Å². The number of H-pyrrole nitrogens is 1. The summed E-state index contributed by atoms with van der Waals surface area (Å²) in [6.07, 6.45) is 2.11. The van der Waals surface area contributed by atoms with Crippen molar-refractivity contribution < 1.29 is 9.18 Å². The van der Waals surface area contributed by atoms with Gasteiger partial charge in [-0.3, -0.25) is 9.69 Å². The Bertz CT molecular complexity index is 1210. The Kier molecular flexibility index (Phi) is 6.79. The van der Waals surface area contributed by atoms with Crippen LogP contribution in [0.15, 0.2) is 47.3 Å². The van der Waals surface area contributed by atoms with Crippen LogP contribution in [-0.2, 0) is 6.54 Å². The number of pyridine rings is 1. The number of hydrogen-bond acceptors (Lipinski definition) is 3. The van der Waals surface area contributed by atoms with E-state index < -0.39 is 0 Å². The molecule has 0 radical (unpaired) electrons. The molecule has 0 bridgehead atoms. The van der Waals surface area contributed by atoms with Gasteiger partial charge in [-0.15, -0.1) is 0 Å². The highest BCUT2D eigenvalue weighted by atomic mass is 19.1. The predicted octanol–water partition coefficient (Wildman–Crippen LogP) is 4.80. The van der Waals surface area contributed by atoms with Crippen LogP contribution in [0, 0.1) is 19.7 Å². The van der Waals surface area contributed by atoms with Crippen molar-refractivity contribution in [3.63, 3.8) is 0 Å². The minimum absolute atomic E-state index is 0.189. The van der Waals surface area contributed by atoms with Crippen LogP contribution in [0.2, 0.25) is 0 Å². The monoisotopic (exact) mass is 450 g/mol. The summed E-state index contributed by atoms with van der Waals surface area (Å²) in [7, 11) is 0. The van der Waals surface area contributed by atoms with Crippen LogP contribution in [0.1, 0.15) is 36.5 Å². The summed E-state index contributed by atoms with van der Waals surface area (Å²) < 4.78 is 13.3. The number of carbonyl (C=O) groups is 1. The summed E-state index contributed by atoms with van der Waals surface area (Å²) in [5.41, 5.74) is 3.85. The number of amides is 2. The average molecular weight is 451 g/mol. The zero-order valence-corrected chi connectivity index (χ0v) is 19.5. The fourth-order valence-electron chi connectivity index (χ4n) is 4.77. The van der Waals surface area contributed by atoms with Gasteiger partial charge in [0.2, 0.25) is 0 Å². The fraction of sp³-hybridized carbons (Fsp3) is 0.385. The third-order valence-corrected chi connectivity index (χ3v) is 6.47. The second-order valence-corrected chi connectivity index (χ2v) is 8.91. The third kappa shape index (κ3) is 5.25. The Labute approximate surface area is 193 Å². The first-order chi connectivity index (χ1) is 15.8. The van der Waals surface area contributed by atoms with Crippen molar-refractivity contribution in [2.45, 2.75) is 46.2 Å². The van der Waals surface area contributed by atoms with Gasteiger partial charge in [-0.1, -0.05) is 13.0 Å². The van der Waals surface area contributed by atoms with E-state index in [0.29, 0.717) is 17.8 Å². The minimum atomic E-state index is -0.359. The summed E-state index contributed by atoms with van der Waals surface area (Å²) >= 11 is 0. The molecule has 2 heterocycles. The number of urea groups is 1. The van der Waals surface area contributed by atoms with Gasteiger partial charge in [-0.25, -0.2) is 9.18 Å². The largest absolute Gasteiger partial charge is 0.322 e. The number of rotatable bonds is 6. The lowest BCUT2D eigenvalue weighted by molar-refractivity contribution is 0.174. The van der Waals surface area contributed by atoms with Crippen molar-refractivity contribution in [1.82, 2.24) is 14.8 Å². The molecule has 0 saturated carbocycles. The van der Waals surface area contributed by atoms with E-state index in [1.165, 1.54) is 24.3 Å². The fourth-order valence-corrected chi connectivity index (χ4v) is 4.77. The Morgan fingerprint density at radius 2 is 1.97 bits per heavy atom. The van der Waals surface area contributed by atoms with Crippen LogP contribution in [0.5, 0.6) is 0 Å². The molecule has 33 heavy (non-hydrogen) atoms. The van der Waals surface area contributed by atoms with E-state index in [9.17, 15) is 14.0 Å². The molecule has 4 rings (SSSR count). The van der Waals surface area contributed by atoms with Gasteiger partial charge in [0.15, 0.2) is 0 Å². The van der Waals surface area contributed by atoms with E-state index in [1.54, 1.807) is 4.90 Å². The molecule has 2 amide bonds. The zero-order chi connectivity index (χ0) is 23.5. The van der Waals surface area contributed by atoms with E-state index in [2.05, 4.69) is 28.2 Å². The molecule has 1 fully saturated rings. The standard InChI is InChI=1S/C26H31FN4O2/c1-4-30-11-5-6-22(30)16-31(26(33)28-21-9-7-20(27)8-10-21)15-19-14-23-18(3)12-17(2)13-24(23)29-25(19)32/h7-10,12-14,22H,4-6,11,15-16H2,1-3H3,(H,28,33)(H,29,32). The van der Waals surface area contributed by atoms with E-state index in [4.69, 9.17) is 0 Å². The van der Waals surface area contributed by atoms with Gasteiger partial charge in [0.1, 0.15) is 5.82 Å². The number of aromatic nitrogens is 1. The number of aromatic amines is 1. The normalized spacial score (nSPS) is 16.3. The maximum atomic E-state index is 13.3. The zero-order valence-electron chi connectivity index (χ0n) is 19.5. The molecule has 2 N–H and O–H groups in total. The first-order valence-electron chi connectivity index (χ1n) is 11.5. The van der Waals surface area contributed by atoms with Crippen molar-refractivity contribution in [1.29, 1.82) is 0 Å². The third-order valence-electron chi connectivity index (χ3n) is 6.47. The van der Waals surface area contributed by atoms with Crippen molar-refractivity contribution in [3.05, 3.63) is 75.3 Å². The second kappa shape index (κ2) is 9.75. The Morgan fingerprint density at radius 1 is 1.21 bits per heavy atom. The van der Waals surface area contributed by atoms with Crippen molar-refractivity contribution in [3.8, 4) is 0 Å². The number of carbonyl (C=O) groups excluding carboxylic acids is 1. The molecule has 1 saturated heterocycles. The first kappa shape index (κ1) is 23.0. The van der Waals surface area contributed by atoms with Gasteiger partial charge < -0.3 is 15.2 Å². The van der Waals surface area contributed by atoms with Crippen LogP contribution in [-0.4, -0.2) is 46.5 Å². The quantitative estimate of drug-likeness (QED) is 0.567. The molecule has 1 unspecified atom stereocenters. The lowest BCUT2D eigenvalue weighted by Gasteiger charge is -2.30. The number of likely N-dealkylation sites (tertiary alicyclic amines) is 1. The van der Waals surface area contributed by atoms with Gasteiger partial charge in [0.05, 0.1) is 6.54 Å². The van der Waals surface area contributed by atoms with Crippen LogP contribution in [0.25, 0.3) is 10.9 Å². The lowest BCUT2D eigenvalue weighted by atomic mass is 10.0. The highest BCUT2D eigenvalue weighted by Gasteiger charge is 2.28. The average Bonchev–Trinajstić information content (AvgIpc) is 3.22. The number of aryl methyl sites for hydroxylation is 2. The molecule has 1 aliphatic heterocycles. The maximum Gasteiger partial charge on any atom is 0.322 e. The molecule has 1 aromatic heterocycles. The lowest BCUT2D eigenvalue weighted by Crippen LogP contribution is -2.45. The molecular weight excluding hydrogens is 419 g/mol. The Morgan fingerprint density at radius 3 is 2.70 bits per heavy atom. The van der Waals surface area contributed by atoms with Crippen LogP contribution in [0.3, 0.4) is 0 Å². The summed E-state index contributed by atoms with van der Waals surface area (Å²) in [5.74, 6) is -0.359. The molecule has 7 heteroatoms. The topological polar surface area (TPSA) is 68.4 Å². The SMILES string of the molecule is CCN1CCCC1CN(Cc1cc2c(C)cc(C)cc2[nH]c1=O)C(=O)Nc1ccc(F)cc1. The molecule has 0 spiro atoms. The van der Waals surface area contributed by atoms with Gasteiger partial charge in [0.25, 0.3) is 5.56 Å². The van der Waals surface area contributed by atoms with Crippen molar-refractivity contribution in [2.75, 3.05) is 25.0 Å². The minimum Gasteiger partial charge on any atom is -0.322 e. The van der Waals surface area contributed by atoms with Gasteiger partial charge in [-0.05, 0) is 87.3 Å². The number of nitrogens with zero attached hydrogens (tertiary/aromatic N) is 2. The highest BCUT2D eigenvalue weighted by Crippen LogP contribution is 2.22. The first-order valence-corrected chi connectivity index (χ1v) is 11.5. The van der Waals surface area contributed by atoms with Crippen LogP contribution in [0.4, 0.5) is 14.9 Å². The molecule has 6 nitrogen and oxygen atoms in total. The Balaban J connectivity index is 1.63. The van der Waals surface area contributed by atoms with E-state index in [1.807, 2.05) is 26.0 Å². The van der Waals surface area contributed by atoms with Gasteiger partial charge in [-0.2, -0.15) is 0 Å². The number of likely N-dealkylation sites (N-methyl/N-ethyl adjacent to an activating group) is 1. The molecule has 3 aromatic rings. The van der Waals surface area contributed by atoms with Crippen molar-refractivity contribution in [2.24, 2.45) is 0 Å². The van der Waals surface area contributed by atoms with E-state index >= 15 is 0 Å². The van der Waals surface area contributed by atoms with E-state index in [0.717, 1.165) is 48.0 Å². The second-order valence-electron chi connectivity index (χ2n) is 8.91. The number of benzene rings is 2. The number of halogens is 1. The highest BCUT2D eigenvalue weighted by molar-refractivity contribution is 5.89. The smallest absolute Gasteiger partial charge is 0.322 e. The molecule has 2 aromatic carbocycles. The summed E-state index contributed by atoms with van der Waals surface area (Å²) in [6, 6.07) is 11.6. The van der Waals surface area contributed by atoms with Gasteiger partial charge in [0, 0.05) is 34.7 Å². The van der Waals surface area contributed by atoms with E-state index in [-0.39, 0.29) is 30.0 Å². The Hall–Kier alpha value is -3.19. The molecule has 1 atom stereocenters. The van der Waals surface area contributed by atoms with Crippen LogP contribution < -0.4 is 10.9 Å². The number of fused-ring (bicyclic) bond motifs is 1. The summed E-state index contributed by atoms with van der Waals surface area (Å²) in [4.78, 5) is 33.2.